The van der Waals surface area contributed by atoms with Crippen molar-refractivity contribution in [1.82, 2.24) is 14.8 Å². The molecule has 126 valence electrons. The number of amides is 2. The highest BCUT2D eigenvalue weighted by molar-refractivity contribution is 5.89. The molecule has 2 unspecified atom stereocenters. The second kappa shape index (κ2) is 7.14. The lowest BCUT2D eigenvalue weighted by atomic mass is 10.1. The van der Waals surface area contributed by atoms with E-state index in [9.17, 15) is 4.79 Å². The second-order valence-corrected chi connectivity index (χ2v) is 6.06. The van der Waals surface area contributed by atoms with Crippen molar-refractivity contribution in [1.29, 1.82) is 0 Å². The Morgan fingerprint density at radius 3 is 2.96 bits per heavy atom. The van der Waals surface area contributed by atoms with E-state index in [1.54, 1.807) is 25.4 Å². The predicted octanol–water partition coefficient (Wildman–Crippen LogP) is 1.42. The van der Waals surface area contributed by atoms with Gasteiger partial charge in [0.2, 0.25) is 5.88 Å². The zero-order chi connectivity index (χ0) is 16.2. The van der Waals surface area contributed by atoms with Crippen LogP contribution >= 0.6 is 0 Å². The van der Waals surface area contributed by atoms with Crippen LogP contribution < -0.4 is 10.1 Å². The average Bonchev–Trinajstić information content (AvgIpc) is 2.98. The summed E-state index contributed by atoms with van der Waals surface area (Å²) in [6, 6.07) is 4.07. The summed E-state index contributed by atoms with van der Waals surface area (Å²) in [6.45, 7) is 6.34. The largest absolute Gasteiger partial charge is 0.481 e. The summed E-state index contributed by atoms with van der Waals surface area (Å²) in [5, 5.41) is 2.94. The van der Waals surface area contributed by atoms with E-state index in [-0.39, 0.29) is 12.1 Å². The van der Waals surface area contributed by atoms with Crippen LogP contribution in [0.25, 0.3) is 0 Å². The van der Waals surface area contributed by atoms with Crippen molar-refractivity contribution >= 4 is 11.7 Å². The number of hydrogen-bond acceptors (Lipinski definition) is 5. The molecule has 0 saturated carbocycles. The van der Waals surface area contributed by atoms with E-state index in [0.29, 0.717) is 17.6 Å². The summed E-state index contributed by atoms with van der Waals surface area (Å²) >= 11 is 0. The molecular weight excluding hydrogens is 296 g/mol. The Bertz CT molecular complexity index is 548. The van der Waals surface area contributed by atoms with Crippen molar-refractivity contribution in [3.8, 4) is 5.88 Å². The Balaban J connectivity index is 1.60. The van der Waals surface area contributed by atoms with Crippen LogP contribution in [0.4, 0.5) is 10.5 Å². The lowest BCUT2D eigenvalue weighted by Crippen LogP contribution is -2.45. The Morgan fingerprint density at radius 2 is 2.22 bits per heavy atom. The van der Waals surface area contributed by atoms with Gasteiger partial charge in [0.15, 0.2) is 0 Å². The van der Waals surface area contributed by atoms with E-state index in [0.717, 1.165) is 39.3 Å². The predicted molar refractivity (Wildman–Crippen MR) is 86.8 cm³/mol. The van der Waals surface area contributed by atoms with E-state index in [2.05, 4.69) is 22.1 Å². The molecule has 2 aliphatic rings. The van der Waals surface area contributed by atoms with Gasteiger partial charge in [-0.05, 0) is 19.4 Å². The van der Waals surface area contributed by atoms with E-state index < -0.39 is 0 Å². The number of likely N-dealkylation sites (tertiary alicyclic amines) is 1. The smallest absolute Gasteiger partial charge is 0.322 e. The van der Waals surface area contributed by atoms with Gasteiger partial charge in [0.1, 0.15) is 0 Å². The van der Waals surface area contributed by atoms with Gasteiger partial charge in [-0.1, -0.05) is 0 Å². The van der Waals surface area contributed by atoms with Gasteiger partial charge in [0.25, 0.3) is 0 Å². The maximum Gasteiger partial charge on any atom is 0.322 e. The van der Waals surface area contributed by atoms with Crippen LogP contribution in [0.2, 0.25) is 0 Å². The van der Waals surface area contributed by atoms with E-state index in [4.69, 9.17) is 9.47 Å². The molecule has 0 radical (unpaired) electrons. The molecule has 3 heterocycles. The van der Waals surface area contributed by atoms with Gasteiger partial charge in [-0.15, -0.1) is 0 Å². The van der Waals surface area contributed by atoms with Gasteiger partial charge >= 0.3 is 6.03 Å². The number of carbonyl (C=O) groups is 1. The molecule has 1 aromatic heterocycles. The fraction of sp³-hybridized carbons (Fsp3) is 0.625. The molecule has 2 fully saturated rings. The summed E-state index contributed by atoms with van der Waals surface area (Å²) in [5.41, 5.74) is 0.698. The Morgan fingerprint density at radius 1 is 1.43 bits per heavy atom. The van der Waals surface area contributed by atoms with Crippen LogP contribution in [0.3, 0.4) is 0 Å². The highest BCUT2D eigenvalue weighted by Crippen LogP contribution is 2.24. The summed E-state index contributed by atoms with van der Waals surface area (Å²) in [7, 11) is 1.56. The number of pyridine rings is 1. The fourth-order valence-corrected chi connectivity index (χ4v) is 3.29. The van der Waals surface area contributed by atoms with E-state index in [1.165, 1.54) is 0 Å². The number of anilines is 1. The highest BCUT2D eigenvalue weighted by atomic mass is 16.5. The number of hydrogen-bond donors (Lipinski definition) is 1. The average molecular weight is 320 g/mol. The van der Waals surface area contributed by atoms with E-state index >= 15 is 0 Å². The first-order valence-electron chi connectivity index (χ1n) is 8.07. The monoisotopic (exact) mass is 320 g/mol. The molecule has 2 aliphatic heterocycles. The number of nitrogens with zero attached hydrogens (tertiary/aromatic N) is 3. The van der Waals surface area contributed by atoms with Crippen molar-refractivity contribution in [3.63, 3.8) is 0 Å². The number of ether oxygens (including phenoxy) is 2. The summed E-state index contributed by atoms with van der Waals surface area (Å²) in [5.74, 6) is 0.489. The standard InChI is InChI=1S/C16H24N4O3/c1-12-9-14(19-5-7-23-8-6-19)11-20(12)16(21)18-13-3-4-17-15(10-13)22-2/h3-4,10,12,14H,5-9,11H2,1-2H3,(H,17,18,21). The minimum atomic E-state index is -0.0680. The van der Waals surface area contributed by atoms with Crippen LogP contribution in [0.15, 0.2) is 18.3 Å². The third-order valence-electron chi connectivity index (χ3n) is 4.57. The number of methoxy groups -OCH3 is 1. The lowest BCUT2D eigenvalue weighted by molar-refractivity contribution is 0.0191. The van der Waals surface area contributed by atoms with Crippen molar-refractivity contribution in [2.24, 2.45) is 0 Å². The molecule has 7 heteroatoms. The minimum Gasteiger partial charge on any atom is -0.481 e. The molecule has 1 aromatic rings. The molecule has 2 amide bonds. The molecule has 2 saturated heterocycles. The molecule has 7 nitrogen and oxygen atoms in total. The lowest BCUT2D eigenvalue weighted by Gasteiger charge is -2.32. The number of aromatic nitrogens is 1. The molecular formula is C16H24N4O3. The van der Waals surface area contributed by atoms with Crippen LogP contribution in [0, 0.1) is 0 Å². The Hall–Kier alpha value is -1.86. The third-order valence-corrected chi connectivity index (χ3v) is 4.57. The quantitative estimate of drug-likeness (QED) is 0.912. The number of urea groups is 1. The highest BCUT2D eigenvalue weighted by Gasteiger charge is 2.36. The zero-order valence-electron chi connectivity index (χ0n) is 13.7. The molecule has 2 atom stereocenters. The molecule has 1 N–H and O–H groups in total. The van der Waals surface area contributed by atoms with Crippen molar-refractivity contribution in [2.75, 3.05) is 45.3 Å². The van der Waals surface area contributed by atoms with Gasteiger partial charge in [0, 0.05) is 49.7 Å². The van der Waals surface area contributed by atoms with Crippen molar-refractivity contribution in [2.45, 2.75) is 25.4 Å². The van der Waals surface area contributed by atoms with Crippen molar-refractivity contribution in [3.05, 3.63) is 18.3 Å². The van der Waals surface area contributed by atoms with Crippen molar-refractivity contribution < 1.29 is 14.3 Å². The maximum atomic E-state index is 12.6. The Kier molecular flexibility index (Phi) is 4.97. The topological polar surface area (TPSA) is 66.9 Å². The number of carbonyl (C=O) groups excluding carboxylic acids is 1. The molecule has 3 rings (SSSR count). The third kappa shape index (κ3) is 3.73. The Labute approximate surface area is 136 Å². The van der Waals surface area contributed by atoms with Gasteiger partial charge in [-0.25, -0.2) is 9.78 Å². The summed E-state index contributed by atoms with van der Waals surface area (Å²) in [6.07, 6.45) is 2.63. The first kappa shape index (κ1) is 16.0. The number of rotatable bonds is 3. The maximum absolute atomic E-state index is 12.6. The van der Waals surface area contributed by atoms with Gasteiger partial charge < -0.3 is 19.7 Å². The fourth-order valence-electron chi connectivity index (χ4n) is 3.29. The molecule has 0 spiro atoms. The number of nitrogens with one attached hydrogen (secondary N) is 1. The van der Waals surface area contributed by atoms with Crippen LogP contribution in [0.1, 0.15) is 13.3 Å². The van der Waals surface area contributed by atoms with Gasteiger partial charge in [-0.3, -0.25) is 4.90 Å². The SMILES string of the molecule is COc1cc(NC(=O)N2CC(N3CCOCC3)CC2C)ccn1. The zero-order valence-corrected chi connectivity index (χ0v) is 13.7. The molecule has 0 bridgehead atoms. The number of morpholine rings is 1. The molecule has 23 heavy (non-hydrogen) atoms. The van der Waals surface area contributed by atoms with Gasteiger partial charge in [-0.2, -0.15) is 0 Å². The van der Waals surface area contributed by atoms with Gasteiger partial charge in [0.05, 0.1) is 20.3 Å². The van der Waals surface area contributed by atoms with Crippen LogP contribution in [0.5, 0.6) is 5.88 Å². The second-order valence-electron chi connectivity index (χ2n) is 6.06. The van der Waals surface area contributed by atoms with Crippen LogP contribution in [-0.2, 0) is 4.74 Å². The van der Waals surface area contributed by atoms with Crippen LogP contribution in [-0.4, -0.2) is 72.9 Å². The minimum absolute atomic E-state index is 0.0680. The first-order valence-corrected chi connectivity index (χ1v) is 8.07. The summed E-state index contributed by atoms with van der Waals surface area (Å²) in [4.78, 5) is 21.0. The molecule has 0 aliphatic carbocycles. The molecule has 0 aromatic carbocycles. The summed E-state index contributed by atoms with van der Waals surface area (Å²) < 4.78 is 10.5. The normalized spacial score (nSPS) is 25.4. The first-order chi connectivity index (χ1) is 11.2. The van der Waals surface area contributed by atoms with E-state index in [1.807, 2.05) is 4.90 Å².